The molecule has 6 nitrogen and oxygen atoms in total. The van der Waals surface area contributed by atoms with Gasteiger partial charge in [0.25, 0.3) is 0 Å². The standard InChI is InChI=1S/C63H123NO5/c1-3-5-7-9-11-13-15-17-19-20-21-22-24-28-31-35-39-43-47-51-55-61(66)60(59-65)64-62(67)56-52-48-44-40-36-32-29-25-23-26-30-34-38-42-46-50-54-58-69-63(68)57-53-49-45-41-37-33-27-18-16-14-12-10-8-6-4-2/h51,55,60-61,65-66H,3-50,52-54,56-59H2,1-2H3,(H,64,67)/b55-51+. The molecule has 0 aromatic rings. The Bertz CT molecular complexity index is 1030. The lowest BCUT2D eigenvalue weighted by atomic mass is 10.0. The predicted octanol–water partition coefficient (Wildman–Crippen LogP) is 19.6. The Labute approximate surface area is 431 Å². The first-order chi connectivity index (χ1) is 34.0. The first-order valence-electron chi connectivity index (χ1n) is 31.5. The fourth-order valence-electron chi connectivity index (χ4n) is 9.99. The lowest BCUT2D eigenvalue weighted by molar-refractivity contribution is -0.143. The summed E-state index contributed by atoms with van der Waals surface area (Å²) in [6.07, 6.45) is 71.0. The van der Waals surface area contributed by atoms with Gasteiger partial charge in [-0.05, 0) is 32.1 Å². The molecule has 0 aliphatic heterocycles. The van der Waals surface area contributed by atoms with Crippen molar-refractivity contribution in [1.29, 1.82) is 0 Å². The summed E-state index contributed by atoms with van der Waals surface area (Å²) in [4.78, 5) is 24.6. The topological polar surface area (TPSA) is 95.9 Å². The number of ether oxygens (including phenoxy) is 1. The molecule has 0 rings (SSSR count). The van der Waals surface area contributed by atoms with E-state index in [0.717, 1.165) is 38.5 Å². The zero-order valence-electron chi connectivity index (χ0n) is 46.8. The highest BCUT2D eigenvalue weighted by molar-refractivity contribution is 5.76. The Balaban J connectivity index is 3.43. The van der Waals surface area contributed by atoms with Crippen molar-refractivity contribution in [2.45, 2.75) is 366 Å². The van der Waals surface area contributed by atoms with Crippen LogP contribution in [0.25, 0.3) is 0 Å². The average molecular weight is 975 g/mol. The van der Waals surface area contributed by atoms with E-state index in [9.17, 15) is 19.8 Å². The third-order valence-electron chi connectivity index (χ3n) is 14.8. The minimum atomic E-state index is -0.848. The number of aliphatic hydroxyl groups is 2. The van der Waals surface area contributed by atoms with Gasteiger partial charge < -0.3 is 20.3 Å². The molecular formula is C63H123NO5. The maximum absolute atomic E-state index is 12.5. The summed E-state index contributed by atoms with van der Waals surface area (Å²) in [5.41, 5.74) is 0. The van der Waals surface area contributed by atoms with E-state index in [-0.39, 0.29) is 18.5 Å². The summed E-state index contributed by atoms with van der Waals surface area (Å²) in [6, 6.07) is -0.632. The molecule has 0 fully saturated rings. The van der Waals surface area contributed by atoms with Crippen molar-refractivity contribution in [1.82, 2.24) is 5.32 Å². The van der Waals surface area contributed by atoms with E-state index in [4.69, 9.17) is 4.74 Å². The Morgan fingerprint density at radius 3 is 0.986 bits per heavy atom. The largest absolute Gasteiger partial charge is 0.466 e. The SMILES string of the molecule is CCCCCCCCCCCCCCCCCCCC/C=C/C(O)C(CO)NC(=O)CCCCCCCCCCCCCCCCCCCOC(=O)CCCCCCCCCCCCCCCCC. The van der Waals surface area contributed by atoms with Gasteiger partial charge in [-0.2, -0.15) is 0 Å². The Morgan fingerprint density at radius 1 is 0.391 bits per heavy atom. The second kappa shape index (κ2) is 59.2. The van der Waals surface area contributed by atoms with Crippen LogP contribution < -0.4 is 5.32 Å². The molecule has 0 aliphatic carbocycles. The van der Waals surface area contributed by atoms with E-state index in [0.29, 0.717) is 19.4 Å². The van der Waals surface area contributed by atoms with Gasteiger partial charge in [-0.1, -0.05) is 321 Å². The lowest BCUT2D eigenvalue weighted by Crippen LogP contribution is -2.45. The summed E-state index contributed by atoms with van der Waals surface area (Å²) in [5, 5.41) is 23.2. The van der Waals surface area contributed by atoms with Gasteiger partial charge in [0.15, 0.2) is 0 Å². The quantitative estimate of drug-likeness (QED) is 0.0321. The van der Waals surface area contributed by atoms with Gasteiger partial charge in [0, 0.05) is 12.8 Å². The van der Waals surface area contributed by atoms with Gasteiger partial charge in [0.05, 0.1) is 25.4 Å². The summed E-state index contributed by atoms with van der Waals surface area (Å²) in [5.74, 6) is -0.0611. The van der Waals surface area contributed by atoms with Gasteiger partial charge in [-0.15, -0.1) is 0 Å². The number of carbonyl (C=O) groups is 2. The van der Waals surface area contributed by atoms with Crippen LogP contribution in [0, 0.1) is 0 Å². The van der Waals surface area contributed by atoms with Crippen molar-refractivity contribution >= 4 is 11.9 Å². The van der Waals surface area contributed by atoms with Crippen LogP contribution in [0.15, 0.2) is 12.2 Å². The molecular weight excluding hydrogens is 851 g/mol. The monoisotopic (exact) mass is 974 g/mol. The van der Waals surface area contributed by atoms with Gasteiger partial charge in [-0.25, -0.2) is 0 Å². The third-order valence-corrected chi connectivity index (χ3v) is 14.8. The van der Waals surface area contributed by atoms with Gasteiger partial charge in [-0.3, -0.25) is 9.59 Å². The molecule has 0 heterocycles. The van der Waals surface area contributed by atoms with E-state index < -0.39 is 12.1 Å². The molecule has 410 valence electrons. The number of nitrogens with one attached hydrogen (secondary N) is 1. The molecule has 1 amide bonds. The maximum Gasteiger partial charge on any atom is 0.305 e. The van der Waals surface area contributed by atoms with E-state index >= 15 is 0 Å². The summed E-state index contributed by atoms with van der Waals surface area (Å²) >= 11 is 0. The number of esters is 1. The zero-order valence-corrected chi connectivity index (χ0v) is 46.8. The number of unbranched alkanes of at least 4 members (excludes halogenated alkanes) is 48. The molecule has 0 aromatic carbocycles. The first-order valence-corrected chi connectivity index (χ1v) is 31.5. The van der Waals surface area contributed by atoms with Crippen molar-refractivity contribution in [3.05, 3.63) is 12.2 Å². The van der Waals surface area contributed by atoms with Crippen LogP contribution in [-0.4, -0.2) is 47.4 Å². The molecule has 0 saturated heterocycles. The molecule has 0 bridgehead atoms. The molecule has 0 aliphatic rings. The highest BCUT2D eigenvalue weighted by Gasteiger charge is 2.18. The highest BCUT2D eigenvalue weighted by atomic mass is 16.5. The summed E-state index contributed by atoms with van der Waals surface area (Å²) in [7, 11) is 0. The predicted molar refractivity (Wildman–Crippen MR) is 301 cm³/mol. The lowest BCUT2D eigenvalue weighted by Gasteiger charge is -2.20. The highest BCUT2D eigenvalue weighted by Crippen LogP contribution is 2.18. The smallest absolute Gasteiger partial charge is 0.305 e. The first kappa shape index (κ1) is 67.6. The van der Waals surface area contributed by atoms with Crippen molar-refractivity contribution in [3.63, 3.8) is 0 Å². The van der Waals surface area contributed by atoms with Crippen molar-refractivity contribution < 1.29 is 24.5 Å². The normalized spacial score (nSPS) is 12.6. The minimum Gasteiger partial charge on any atom is -0.466 e. The molecule has 6 heteroatoms. The second-order valence-corrected chi connectivity index (χ2v) is 21.8. The van der Waals surface area contributed by atoms with E-state index in [1.165, 1.54) is 289 Å². The van der Waals surface area contributed by atoms with Crippen molar-refractivity contribution in [2.24, 2.45) is 0 Å². The number of hydrogen-bond donors (Lipinski definition) is 3. The van der Waals surface area contributed by atoms with E-state index in [1.807, 2.05) is 6.08 Å². The number of carbonyl (C=O) groups excluding carboxylic acids is 2. The van der Waals surface area contributed by atoms with Crippen LogP contribution in [0.4, 0.5) is 0 Å². The average Bonchev–Trinajstić information content (AvgIpc) is 3.35. The van der Waals surface area contributed by atoms with Gasteiger partial charge in [0.2, 0.25) is 5.91 Å². The molecule has 0 spiro atoms. The fraction of sp³-hybridized carbons (Fsp3) is 0.937. The van der Waals surface area contributed by atoms with Crippen molar-refractivity contribution in [2.75, 3.05) is 13.2 Å². The second-order valence-electron chi connectivity index (χ2n) is 21.8. The third kappa shape index (κ3) is 55.8. The summed E-state index contributed by atoms with van der Waals surface area (Å²) < 4.78 is 5.49. The van der Waals surface area contributed by atoms with E-state index in [1.54, 1.807) is 6.08 Å². The van der Waals surface area contributed by atoms with Crippen LogP contribution in [0.2, 0.25) is 0 Å². The zero-order chi connectivity index (χ0) is 50.0. The van der Waals surface area contributed by atoms with Crippen LogP contribution in [0.5, 0.6) is 0 Å². The van der Waals surface area contributed by atoms with Crippen molar-refractivity contribution in [3.8, 4) is 0 Å². The van der Waals surface area contributed by atoms with Crippen LogP contribution in [-0.2, 0) is 14.3 Å². The number of hydrogen-bond acceptors (Lipinski definition) is 5. The van der Waals surface area contributed by atoms with Crippen LogP contribution >= 0.6 is 0 Å². The number of rotatable bonds is 59. The number of aliphatic hydroxyl groups excluding tert-OH is 2. The molecule has 0 aromatic heterocycles. The molecule has 69 heavy (non-hydrogen) atoms. The van der Waals surface area contributed by atoms with E-state index in [2.05, 4.69) is 19.2 Å². The molecule has 2 atom stereocenters. The van der Waals surface area contributed by atoms with Crippen LogP contribution in [0.1, 0.15) is 354 Å². The summed E-state index contributed by atoms with van der Waals surface area (Å²) in [6.45, 7) is 4.93. The Hall–Kier alpha value is -1.40. The maximum atomic E-state index is 12.5. The van der Waals surface area contributed by atoms with Gasteiger partial charge >= 0.3 is 5.97 Å². The number of allylic oxidation sites excluding steroid dienone is 1. The minimum absolute atomic E-state index is 0.00829. The molecule has 0 radical (unpaired) electrons. The molecule has 0 saturated carbocycles. The Kier molecular flexibility index (Phi) is 58.0. The molecule has 2 unspecified atom stereocenters. The number of amides is 1. The van der Waals surface area contributed by atoms with Gasteiger partial charge in [0.1, 0.15) is 0 Å². The molecule has 3 N–H and O–H groups in total. The fourth-order valence-corrected chi connectivity index (χ4v) is 9.99. The van der Waals surface area contributed by atoms with Crippen LogP contribution in [0.3, 0.4) is 0 Å². The Morgan fingerprint density at radius 2 is 0.667 bits per heavy atom.